The SMILES string of the molecule is C/C=C(\C)C(=O)OCC(C)OC(=O)/C(C)=C/C.OCCO. The first kappa shape index (κ1) is 21.6. The molecule has 0 fully saturated rings. The fourth-order valence-electron chi connectivity index (χ4n) is 0.852. The zero-order valence-electron chi connectivity index (χ0n) is 13.4. The summed E-state index contributed by atoms with van der Waals surface area (Å²) in [4.78, 5) is 22.7. The standard InChI is InChI=1S/C13H20O4.C2H6O2/c1-6-9(3)12(14)16-8-11(5)17-13(15)10(4)7-2;3-1-2-4/h6-7,11H,8H2,1-5H3;3-4H,1-2H2/b9-6+,10-7+;. The van der Waals surface area contributed by atoms with E-state index in [0.29, 0.717) is 11.1 Å². The largest absolute Gasteiger partial charge is 0.458 e. The lowest BCUT2D eigenvalue weighted by molar-refractivity contribution is -0.152. The monoisotopic (exact) mass is 302 g/mol. The lowest BCUT2D eigenvalue weighted by Crippen LogP contribution is -2.23. The van der Waals surface area contributed by atoms with E-state index >= 15 is 0 Å². The molecule has 2 N–H and O–H groups in total. The molecular weight excluding hydrogens is 276 g/mol. The molecule has 1 atom stereocenters. The molecule has 0 aliphatic carbocycles. The summed E-state index contributed by atoms with van der Waals surface area (Å²) in [5.41, 5.74) is 1.07. The van der Waals surface area contributed by atoms with Crippen LogP contribution < -0.4 is 0 Å². The van der Waals surface area contributed by atoms with Crippen LogP contribution in [0.25, 0.3) is 0 Å². The molecule has 0 aliphatic heterocycles. The topological polar surface area (TPSA) is 93.1 Å². The van der Waals surface area contributed by atoms with E-state index in [2.05, 4.69) is 0 Å². The number of rotatable bonds is 6. The van der Waals surface area contributed by atoms with Crippen molar-refractivity contribution in [2.45, 2.75) is 40.7 Å². The third-order valence-electron chi connectivity index (χ3n) is 2.37. The van der Waals surface area contributed by atoms with Crippen molar-refractivity contribution in [1.29, 1.82) is 0 Å². The van der Waals surface area contributed by atoms with Gasteiger partial charge < -0.3 is 19.7 Å². The molecule has 0 aromatic rings. The Kier molecular flexibility index (Phi) is 13.7. The van der Waals surface area contributed by atoms with Crippen molar-refractivity contribution >= 4 is 11.9 Å². The molecule has 1 unspecified atom stereocenters. The Morgan fingerprint density at radius 2 is 1.43 bits per heavy atom. The minimum absolute atomic E-state index is 0.0622. The van der Waals surface area contributed by atoms with Crippen LogP contribution in [-0.2, 0) is 19.1 Å². The van der Waals surface area contributed by atoms with Gasteiger partial charge in [-0.05, 0) is 34.6 Å². The van der Waals surface area contributed by atoms with Crippen LogP contribution in [0, 0.1) is 0 Å². The summed E-state index contributed by atoms with van der Waals surface area (Å²) in [6, 6.07) is 0. The molecule has 6 nitrogen and oxygen atoms in total. The summed E-state index contributed by atoms with van der Waals surface area (Å²) in [5.74, 6) is -0.781. The first-order valence-electron chi connectivity index (χ1n) is 6.69. The van der Waals surface area contributed by atoms with E-state index in [0.717, 1.165) is 0 Å². The van der Waals surface area contributed by atoms with Crippen molar-refractivity contribution in [2.24, 2.45) is 0 Å². The lowest BCUT2D eigenvalue weighted by atomic mass is 10.3. The Bertz CT molecular complexity index is 368. The Hall–Kier alpha value is -1.66. The van der Waals surface area contributed by atoms with Gasteiger partial charge in [-0.3, -0.25) is 0 Å². The first-order chi connectivity index (χ1) is 9.83. The predicted octanol–water partition coefficient (Wildman–Crippen LogP) is 1.36. The highest BCUT2D eigenvalue weighted by Gasteiger charge is 2.13. The van der Waals surface area contributed by atoms with E-state index in [1.165, 1.54) is 0 Å². The highest BCUT2D eigenvalue weighted by molar-refractivity contribution is 5.88. The van der Waals surface area contributed by atoms with Crippen molar-refractivity contribution in [3.8, 4) is 0 Å². The highest BCUT2D eigenvalue weighted by Crippen LogP contribution is 2.03. The normalized spacial score (nSPS) is 12.9. The molecule has 0 heterocycles. The van der Waals surface area contributed by atoms with Crippen molar-refractivity contribution in [1.82, 2.24) is 0 Å². The molecule has 0 saturated heterocycles. The van der Waals surface area contributed by atoms with E-state index in [9.17, 15) is 9.59 Å². The molecule has 0 radical (unpaired) electrons. The molecule has 0 aromatic carbocycles. The molecule has 21 heavy (non-hydrogen) atoms. The van der Waals surface area contributed by atoms with Gasteiger partial charge in [0.15, 0.2) is 0 Å². The van der Waals surface area contributed by atoms with E-state index in [4.69, 9.17) is 19.7 Å². The van der Waals surface area contributed by atoms with Crippen LogP contribution in [0.4, 0.5) is 0 Å². The quantitative estimate of drug-likeness (QED) is 0.568. The third kappa shape index (κ3) is 11.8. The lowest BCUT2D eigenvalue weighted by Gasteiger charge is -2.13. The summed E-state index contributed by atoms with van der Waals surface area (Å²) < 4.78 is 10.0. The number of aliphatic hydroxyl groups excluding tert-OH is 2. The van der Waals surface area contributed by atoms with Crippen LogP contribution in [0.15, 0.2) is 23.3 Å². The summed E-state index contributed by atoms with van der Waals surface area (Å²) in [6.45, 7) is 8.35. The molecule has 0 bridgehead atoms. The highest BCUT2D eigenvalue weighted by atomic mass is 16.6. The minimum atomic E-state index is -0.453. The maximum atomic E-state index is 11.4. The molecule has 122 valence electrons. The molecule has 0 saturated carbocycles. The maximum Gasteiger partial charge on any atom is 0.333 e. The van der Waals surface area contributed by atoms with Crippen LogP contribution in [0.2, 0.25) is 0 Å². The average molecular weight is 302 g/mol. The van der Waals surface area contributed by atoms with Crippen LogP contribution in [0.1, 0.15) is 34.6 Å². The van der Waals surface area contributed by atoms with Crippen LogP contribution in [-0.4, -0.2) is 48.1 Å². The second-order valence-corrected chi connectivity index (χ2v) is 4.20. The second-order valence-electron chi connectivity index (χ2n) is 4.20. The van der Waals surface area contributed by atoms with Crippen molar-refractivity contribution in [3.05, 3.63) is 23.3 Å². The number of hydrogen-bond donors (Lipinski definition) is 2. The van der Waals surface area contributed by atoms with Crippen LogP contribution >= 0.6 is 0 Å². The van der Waals surface area contributed by atoms with Crippen molar-refractivity contribution in [3.63, 3.8) is 0 Å². The number of carbonyl (C=O) groups excluding carboxylic acids is 2. The Labute approximate surface area is 126 Å². The summed E-state index contributed by atoms with van der Waals surface area (Å²) >= 11 is 0. The number of carbonyl (C=O) groups is 2. The molecular formula is C15H26O6. The van der Waals surface area contributed by atoms with Gasteiger partial charge in [0.2, 0.25) is 0 Å². The second kappa shape index (κ2) is 13.3. The van der Waals surface area contributed by atoms with Gasteiger partial charge in [0, 0.05) is 11.1 Å². The number of ether oxygens (including phenoxy) is 2. The van der Waals surface area contributed by atoms with Crippen LogP contribution in [0.5, 0.6) is 0 Å². The van der Waals surface area contributed by atoms with Gasteiger partial charge >= 0.3 is 11.9 Å². The van der Waals surface area contributed by atoms with Crippen molar-refractivity contribution in [2.75, 3.05) is 19.8 Å². The average Bonchev–Trinajstić information content (AvgIpc) is 2.50. The smallest absolute Gasteiger partial charge is 0.333 e. The van der Waals surface area contributed by atoms with Gasteiger partial charge in [-0.15, -0.1) is 0 Å². The molecule has 0 aliphatic rings. The predicted molar refractivity (Wildman–Crippen MR) is 79.5 cm³/mol. The van der Waals surface area contributed by atoms with Gasteiger partial charge in [0.05, 0.1) is 13.2 Å². The fraction of sp³-hybridized carbons (Fsp3) is 0.600. The molecule has 0 aromatic heterocycles. The summed E-state index contributed by atoms with van der Waals surface area (Å²) in [6.07, 6.45) is 2.89. The number of hydrogen-bond acceptors (Lipinski definition) is 6. The maximum absolute atomic E-state index is 11.4. The zero-order chi connectivity index (χ0) is 16.8. The number of allylic oxidation sites excluding steroid dienone is 2. The molecule has 0 rings (SSSR count). The molecule has 6 heteroatoms. The van der Waals surface area contributed by atoms with Crippen LogP contribution in [0.3, 0.4) is 0 Å². The van der Waals surface area contributed by atoms with Gasteiger partial charge in [-0.2, -0.15) is 0 Å². The van der Waals surface area contributed by atoms with E-state index < -0.39 is 12.1 Å². The third-order valence-corrected chi connectivity index (χ3v) is 2.37. The summed E-state index contributed by atoms with van der Waals surface area (Å²) in [7, 11) is 0. The van der Waals surface area contributed by atoms with Gasteiger partial charge in [0.25, 0.3) is 0 Å². The zero-order valence-corrected chi connectivity index (χ0v) is 13.4. The van der Waals surface area contributed by atoms with E-state index in [-0.39, 0.29) is 25.8 Å². The van der Waals surface area contributed by atoms with Gasteiger partial charge in [0.1, 0.15) is 12.7 Å². The van der Waals surface area contributed by atoms with E-state index in [1.54, 1.807) is 46.8 Å². The van der Waals surface area contributed by atoms with Crippen molar-refractivity contribution < 1.29 is 29.3 Å². The first-order valence-corrected chi connectivity index (χ1v) is 6.69. The fourth-order valence-corrected chi connectivity index (χ4v) is 0.852. The number of aliphatic hydroxyl groups is 2. The Balaban J connectivity index is 0. The van der Waals surface area contributed by atoms with Gasteiger partial charge in [-0.25, -0.2) is 9.59 Å². The summed E-state index contributed by atoms with van der Waals surface area (Å²) in [5, 5.41) is 15.2. The van der Waals surface area contributed by atoms with E-state index in [1.807, 2.05) is 0 Å². The molecule has 0 spiro atoms. The molecule has 0 amide bonds. The van der Waals surface area contributed by atoms with Gasteiger partial charge in [-0.1, -0.05) is 12.2 Å². The Morgan fingerprint density at radius 3 is 1.81 bits per heavy atom. The number of esters is 2. The Morgan fingerprint density at radius 1 is 1.00 bits per heavy atom. The minimum Gasteiger partial charge on any atom is -0.458 e.